The summed E-state index contributed by atoms with van der Waals surface area (Å²) in [5, 5.41) is 8.73. The van der Waals surface area contributed by atoms with Gasteiger partial charge in [-0.1, -0.05) is 0 Å². The molecule has 158 valence electrons. The van der Waals surface area contributed by atoms with E-state index in [4.69, 9.17) is 9.84 Å². The van der Waals surface area contributed by atoms with Crippen LogP contribution in [0.25, 0.3) is 11.0 Å². The third-order valence-corrected chi connectivity index (χ3v) is 4.51. The maximum Gasteiger partial charge on any atom is 0.433 e. The van der Waals surface area contributed by atoms with Gasteiger partial charge >= 0.3 is 12.1 Å². The molecule has 0 bridgehead atoms. The first-order chi connectivity index (χ1) is 13.9. The Bertz CT molecular complexity index is 1220. The Hall–Kier alpha value is -3.50. The molecule has 0 saturated carbocycles. The molecule has 0 fully saturated rings. The Morgan fingerprint density at radius 3 is 2.47 bits per heavy atom. The molecule has 0 aliphatic carbocycles. The first-order valence-corrected chi connectivity index (χ1v) is 8.55. The fourth-order valence-electron chi connectivity index (χ4n) is 2.84. The largest absolute Gasteiger partial charge is 0.483 e. The molecule has 1 N–H and O–H groups in total. The number of carbonyl (C=O) groups is 1. The monoisotopic (exact) mass is 425 g/mol. The molecule has 7 nitrogen and oxygen atoms in total. The summed E-state index contributed by atoms with van der Waals surface area (Å²) in [4.78, 5) is 30.8. The van der Waals surface area contributed by atoms with Gasteiger partial charge in [0.2, 0.25) is 0 Å². The van der Waals surface area contributed by atoms with Gasteiger partial charge in [0.25, 0.3) is 5.56 Å². The zero-order valence-electron chi connectivity index (χ0n) is 15.9. The van der Waals surface area contributed by atoms with Crippen molar-refractivity contribution in [1.82, 2.24) is 14.5 Å². The number of aromatic nitrogens is 3. The van der Waals surface area contributed by atoms with Gasteiger partial charge in [-0.3, -0.25) is 9.36 Å². The Morgan fingerprint density at radius 2 is 1.90 bits per heavy atom. The summed E-state index contributed by atoms with van der Waals surface area (Å²) < 4.78 is 61.4. The molecule has 1 atom stereocenters. The van der Waals surface area contributed by atoms with Gasteiger partial charge in [-0.2, -0.15) is 13.2 Å². The van der Waals surface area contributed by atoms with E-state index in [9.17, 15) is 27.2 Å². The van der Waals surface area contributed by atoms with Gasteiger partial charge in [0, 0.05) is 12.6 Å². The minimum Gasteiger partial charge on any atom is -0.483 e. The molecule has 0 radical (unpaired) electrons. The van der Waals surface area contributed by atoms with Crippen molar-refractivity contribution in [2.75, 3.05) is 0 Å². The van der Waals surface area contributed by atoms with Crippen molar-refractivity contribution < 1.29 is 32.2 Å². The summed E-state index contributed by atoms with van der Waals surface area (Å²) in [6.45, 7) is 2.69. The van der Waals surface area contributed by atoms with Crippen molar-refractivity contribution in [3.63, 3.8) is 0 Å². The highest BCUT2D eigenvalue weighted by Gasteiger charge is 2.38. The standard InChI is InChI=1S/C19H15F4N3O4/c1-8(30-14-5-4-10(18(28)29)6-13(14)20)11-7-12-16(25-15(11)19(21,22)23)24-9(2)26(3)17(12)27/h4-8H,1-3H3,(H,28,29)/t8-/m0/s1. The van der Waals surface area contributed by atoms with E-state index in [0.717, 1.165) is 22.8 Å². The van der Waals surface area contributed by atoms with Crippen LogP contribution in [0.5, 0.6) is 5.75 Å². The molecular formula is C19H15F4N3O4. The number of aromatic carboxylic acids is 1. The van der Waals surface area contributed by atoms with Gasteiger partial charge in [-0.25, -0.2) is 19.2 Å². The van der Waals surface area contributed by atoms with Crippen LogP contribution in [0.1, 0.15) is 40.5 Å². The average Bonchev–Trinajstić information content (AvgIpc) is 2.66. The second-order valence-electron chi connectivity index (χ2n) is 6.53. The number of carboxylic acids is 1. The van der Waals surface area contributed by atoms with E-state index >= 15 is 0 Å². The van der Waals surface area contributed by atoms with E-state index < -0.39 is 46.6 Å². The fraction of sp³-hybridized carbons (Fsp3) is 0.263. The molecule has 0 aliphatic rings. The summed E-state index contributed by atoms with van der Waals surface area (Å²) in [7, 11) is 1.42. The minimum atomic E-state index is -4.89. The Labute approximate surface area is 166 Å². The lowest BCUT2D eigenvalue weighted by Gasteiger charge is -2.20. The maximum absolute atomic E-state index is 14.1. The molecule has 0 amide bonds. The third-order valence-electron chi connectivity index (χ3n) is 4.51. The van der Waals surface area contributed by atoms with Gasteiger partial charge in [-0.15, -0.1) is 0 Å². The van der Waals surface area contributed by atoms with Crippen LogP contribution in [0.4, 0.5) is 17.6 Å². The molecule has 11 heteroatoms. The number of fused-ring (bicyclic) bond motifs is 1. The molecule has 1 aromatic carbocycles. The molecule has 3 rings (SSSR count). The minimum absolute atomic E-state index is 0.150. The number of rotatable bonds is 4. The number of pyridine rings is 1. The van der Waals surface area contributed by atoms with Crippen LogP contribution in [0.15, 0.2) is 29.1 Å². The van der Waals surface area contributed by atoms with E-state index in [0.29, 0.717) is 6.07 Å². The highest BCUT2D eigenvalue weighted by molar-refractivity contribution is 5.87. The molecule has 2 heterocycles. The van der Waals surface area contributed by atoms with Crippen molar-refractivity contribution in [1.29, 1.82) is 0 Å². The van der Waals surface area contributed by atoms with Crippen LogP contribution in [0.3, 0.4) is 0 Å². The average molecular weight is 425 g/mol. The molecule has 0 saturated heterocycles. The lowest BCUT2D eigenvalue weighted by molar-refractivity contribution is -0.142. The molecule has 0 unspecified atom stereocenters. The van der Waals surface area contributed by atoms with E-state index in [2.05, 4.69) is 9.97 Å². The van der Waals surface area contributed by atoms with Crippen molar-refractivity contribution in [3.05, 3.63) is 63.1 Å². The molecule has 0 aliphatic heterocycles. The van der Waals surface area contributed by atoms with Crippen molar-refractivity contribution in [2.24, 2.45) is 7.05 Å². The summed E-state index contributed by atoms with van der Waals surface area (Å²) in [6.07, 6.45) is -6.25. The number of alkyl halides is 3. The first kappa shape index (κ1) is 21.2. The zero-order valence-corrected chi connectivity index (χ0v) is 15.9. The summed E-state index contributed by atoms with van der Waals surface area (Å²) in [5.41, 5.74) is -3.11. The van der Waals surface area contributed by atoms with Crippen LogP contribution in [-0.2, 0) is 13.2 Å². The lowest BCUT2D eigenvalue weighted by Crippen LogP contribution is -2.24. The number of ether oxygens (including phenoxy) is 1. The zero-order chi connectivity index (χ0) is 22.4. The fourth-order valence-corrected chi connectivity index (χ4v) is 2.84. The number of halogens is 4. The van der Waals surface area contributed by atoms with Crippen LogP contribution in [0, 0.1) is 12.7 Å². The summed E-state index contributed by atoms with van der Waals surface area (Å²) in [6, 6.07) is 3.73. The maximum atomic E-state index is 14.1. The molecule has 3 aromatic rings. The normalized spacial score (nSPS) is 12.8. The van der Waals surface area contributed by atoms with E-state index in [-0.39, 0.29) is 22.4 Å². The van der Waals surface area contributed by atoms with Crippen LogP contribution < -0.4 is 10.3 Å². The number of aryl methyl sites for hydroxylation is 1. The number of hydrogen-bond acceptors (Lipinski definition) is 5. The van der Waals surface area contributed by atoms with Gasteiger partial charge in [0.1, 0.15) is 11.9 Å². The number of nitrogens with zero attached hydrogens (tertiary/aromatic N) is 3. The van der Waals surface area contributed by atoms with E-state index in [1.54, 1.807) is 0 Å². The van der Waals surface area contributed by atoms with Crippen molar-refractivity contribution in [2.45, 2.75) is 26.1 Å². The van der Waals surface area contributed by atoms with Gasteiger partial charge in [0.15, 0.2) is 22.9 Å². The lowest BCUT2D eigenvalue weighted by atomic mass is 10.1. The number of benzene rings is 1. The van der Waals surface area contributed by atoms with Crippen molar-refractivity contribution in [3.8, 4) is 5.75 Å². The van der Waals surface area contributed by atoms with Crippen LogP contribution in [-0.4, -0.2) is 25.6 Å². The van der Waals surface area contributed by atoms with Crippen molar-refractivity contribution >= 4 is 17.0 Å². The number of carboxylic acid groups (broad SMARTS) is 1. The Morgan fingerprint density at radius 1 is 1.23 bits per heavy atom. The molecule has 30 heavy (non-hydrogen) atoms. The van der Waals surface area contributed by atoms with Crippen LogP contribution in [0.2, 0.25) is 0 Å². The Balaban J connectivity index is 2.13. The van der Waals surface area contributed by atoms with Gasteiger partial charge in [0.05, 0.1) is 10.9 Å². The smallest absolute Gasteiger partial charge is 0.433 e. The second-order valence-corrected chi connectivity index (χ2v) is 6.53. The highest BCUT2D eigenvalue weighted by Crippen LogP contribution is 2.36. The second kappa shape index (κ2) is 7.39. The van der Waals surface area contributed by atoms with Gasteiger partial charge in [-0.05, 0) is 38.1 Å². The SMILES string of the molecule is Cc1nc2nc(C(F)(F)F)c([C@H](C)Oc3ccc(C(=O)O)cc3F)cc2c(=O)n1C. The summed E-state index contributed by atoms with van der Waals surface area (Å²) in [5.74, 6) is -2.69. The topological polar surface area (TPSA) is 94.3 Å². The molecule has 0 spiro atoms. The third kappa shape index (κ3) is 3.82. The quantitative estimate of drug-likeness (QED) is 0.642. The van der Waals surface area contributed by atoms with E-state index in [1.165, 1.54) is 20.9 Å². The van der Waals surface area contributed by atoms with Crippen LogP contribution >= 0.6 is 0 Å². The predicted octanol–water partition coefficient (Wildman–Crippen LogP) is 3.63. The predicted molar refractivity (Wildman–Crippen MR) is 96.9 cm³/mol. The molecular weight excluding hydrogens is 410 g/mol. The first-order valence-electron chi connectivity index (χ1n) is 8.55. The summed E-state index contributed by atoms with van der Waals surface area (Å²) >= 11 is 0. The number of hydrogen-bond donors (Lipinski definition) is 1. The highest BCUT2D eigenvalue weighted by atomic mass is 19.4. The van der Waals surface area contributed by atoms with E-state index in [1.807, 2.05) is 0 Å². The molecule has 2 aromatic heterocycles. The Kier molecular flexibility index (Phi) is 5.23. The van der Waals surface area contributed by atoms with Gasteiger partial charge < -0.3 is 9.84 Å².